The van der Waals surface area contributed by atoms with Gasteiger partial charge < -0.3 is 19.7 Å². The topological polar surface area (TPSA) is 67.9 Å². The second-order valence-electron chi connectivity index (χ2n) is 8.57. The van der Waals surface area contributed by atoms with Gasteiger partial charge in [0, 0.05) is 23.7 Å². The van der Waals surface area contributed by atoms with Crippen LogP contribution in [0.1, 0.15) is 40.9 Å². The summed E-state index contributed by atoms with van der Waals surface area (Å²) in [5.41, 5.74) is 4.57. The minimum Gasteiger partial charge on any atom is -0.351 e. The van der Waals surface area contributed by atoms with Crippen molar-refractivity contribution in [3.63, 3.8) is 0 Å². The lowest BCUT2D eigenvalue weighted by Crippen LogP contribution is -2.35. The highest BCUT2D eigenvalue weighted by Gasteiger charge is 2.29. The van der Waals surface area contributed by atoms with Gasteiger partial charge in [0.1, 0.15) is 0 Å². The summed E-state index contributed by atoms with van der Waals surface area (Å²) in [4.78, 5) is 29.7. The van der Waals surface area contributed by atoms with E-state index in [4.69, 9.17) is 9.47 Å². The predicted octanol–water partition coefficient (Wildman–Crippen LogP) is 5.80. The van der Waals surface area contributed by atoms with Crippen LogP contribution >= 0.6 is 11.8 Å². The molecular weight excluding hydrogens is 484 g/mol. The van der Waals surface area contributed by atoms with E-state index in [0.717, 1.165) is 27.3 Å². The van der Waals surface area contributed by atoms with Gasteiger partial charge in [-0.2, -0.15) is 0 Å². The number of hydrogen-bond acceptors (Lipinski definition) is 5. The van der Waals surface area contributed by atoms with Gasteiger partial charge in [-0.3, -0.25) is 9.59 Å². The van der Waals surface area contributed by atoms with Crippen molar-refractivity contribution in [1.29, 1.82) is 0 Å². The van der Waals surface area contributed by atoms with Crippen molar-refractivity contribution in [1.82, 2.24) is 5.32 Å². The maximum Gasteiger partial charge on any atom is 0.265 e. The average molecular weight is 517 g/mol. The number of nitrogens with one attached hydrogen (secondary N) is 1. The number of para-hydroxylation sites is 1. The van der Waals surface area contributed by atoms with E-state index in [9.17, 15) is 9.59 Å². The molecular formula is C30H32N2O4S. The predicted molar refractivity (Wildman–Crippen MR) is 148 cm³/mol. The Morgan fingerprint density at radius 3 is 2.35 bits per heavy atom. The monoisotopic (exact) mass is 516 g/mol. The molecule has 6 nitrogen and oxygen atoms in total. The number of carbonyl (C=O) groups excluding carboxylic acids is 2. The molecule has 4 rings (SSSR count). The van der Waals surface area contributed by atoms with E-state index >= 15 is 0 Å². The van der Waals surface area contributed by atoms with Gasteiger partial charge in [0.15, 0.2) is 6.29 Å². The minimum absolute atomic E-state index is 0.0355. The molecule has 0 bridgehead atoms. The van der Waals surface area contributed by atoms with Crippen molar-refractivity contribution in [3.8, 4) is 0 Å². The van der Waals surface area contributed by atoms with Crippen LogP contribution in [0.5, 0.6) is 0 Å². The zero-order valence-corrected chi connectivity index (χ0v) is 22.2. The summed E-state index contributed by atoms with van der Waals surface area (Å²) in [6.45, 7) is 7.62. The van der Waals surface area contributed by atoms with Crippen molar-refractivity contribution in [2.45, 2.75) is 38.5 Å². The molecule has 192 valence electrons. The summed E-state index contributed by atoms with van der Waals surface area (Å²) in [5, 5.41) is 2.85. The highest BCUT2D eigenvalue weighted by Crippen LogP contribution is 2.42. The van der Waals surface area contributed by atoms with Gasteiger partial charge in [-0.1, -0.05) is 60.3 Å². The van der Waals surface area contributed by atoms with Gasteiger partial charge in [0.25, 0.3) is 11.8 Å². The molecule has 37 heavy (non-hydrogen) atoms. The number of fused-ring (bicyclic) bond motifs is 1. The largest absolute Gasteiger partial charge is 0.351 e. The van der Waals surface area contributed by atoms with Gasteiger partial charge >= 0.3 is 0 Å². The Bertz CT molecular complexity index is 1270. The van der Waals surface area contributed by atoms with E-state index in [1.54, 1.807) is 12.1 Å². The molecule has 2 amide bonds. The highest BCUT2D eigenvalue weighted by molar-refractivity contribution is 8.04. The molecule has 1 N–H and O–H groups in total. The number of ether oxygens (including phenoxy) is 2. The van der Waals surface area contributed by atoms with Crippen molar-refractivity contribution in [2.24, 2.45) is 0 Å². The van der Waals surface area contributed by atoms with Crippen molar-refractivity contribution < 1.29 is 19.1 Å². The summed E-state index contributed by atoms with van der Waals surface area (Å²) in [6.07, 6.45) is 1.41. The van der Waals surface area contributed by atoms with Crippen LogP contribution < -0.4 is 10.2 Å². The number of benzene rings is 3. The SMILES string of the molecule is CCOC(CNC(=O)c1ccc(/C=C2/Sc3ccccc3N(Cc3ccccc3C)C2=O)cc1)OCC. The van der Waals surface area contributed by atoms with E-state index in [-0.39, 0.29) is 18.4 Å². The van der Waals surface area contributed by atoms with Gasteiger partial charge in [0.05, 0.1) is 23.7 Å². The second-order valence-corrected chi connectivity index (χ2v) is 9.65. The molecule has 7 heteroatoms. The summed E-state index contributed by atoms with van der Waals surface area (Å²) in [7, 11) is 0. The lowest BCUT2D eigenvalue weighted by atomic mass is 10.1. The molecule has 3 aromatic rings. The van der Waals surface area contributed by atoms with Gasteiger partial charge in [-0.05, 0) is 67.8 Å². The number of amides is 2. The smallest absolute Gasteiger partial charge is 0.265 e. The number of rotatable bonds is 10. The van der Waals surface area contributed by atoms with Crippen LogP contribution in [0.15, 0.2) is 82.6 Å². The molecule has 0 unspecified atom stereocenters. The second kappa shape index (κ2) is 12.7. The lowest BCUT2D eigenvalue weighted by Gasteiger charge is -2.31. The maximum atomic E-state index is 13.6. The molecule has 0 saturated heterocycles. The van der Waals surface area contributed by atoms with Gasteiger partial charge in [-0.25, -0.2) is 0 Å². The zero-order valence-electron chi connectivity index (χ0n) is 21.4. The third-order valence-electron chi connectivity index (χ3n) is 6.03. The number of anilines is 1. The zero-order chi connectivity index (χ0) is 26.2. The van der Waals surface area contributed by atoms with Crippen LogP contribution in [0.25, 0.3) is 6.08 Å². The molecule has 1 heterocycles. The Labute approximate surface area is 222 Å². The first kappa shape index (κ1) is 26.7. The number of thioether (sulfide) groups is 1. The fourth-order valence-corrected chi connectivity index (χ4v) is 5.13. The van der Waals surface area contributed by atoms with Crippen LogP contribution in [0.4, 0.5) is 5.69 Å². The summed E-state index contributed by atoms with van der Waals surface area (Å²) >= 11 is 1.47. The fraction of sp³-hybridized carbons (Fsp3) is 0.267. The quantitative estimate of drug-likeness (QED) is 0.272. The van der Waals surface area contributed by atoms with E-state index in [1.807, 2.05) is 73.4 Å². The molecule has 0 spiro atoms. The Morgan fingerprint density at radius 2 is 1.65 bits per heavy atom. The molecule has 0 aliphatic carbocycles. The molecule has 0 saturated carbocycles. The first-order valence-electron chi connectivity index (χ1n) is 12.5. The third kappa shape index (κ3) is 6.68. The van der Waals surface area contributed by atoms with Crippen molar-refractivity contribution in [3.05, 3.63) is 100.0 Å². The molecule has 3 aromatic carbocycles. The summed E-state index contributed by atoms with van der Waals surface area (Å²) in [6, 6.07) is 23.3. The fourth-order valence-electron chi connectivity index (χ4n) is 4.07. The number of hydrogen-bond donors (Lipinski definition) is 1. The maximum absolute atomic E-state index is 13.6. The van der Waals surface area contributed by atoms with E-state index in [1.165, 1.54) is 11.8 Å². The van der Waals surface area contributed by atoms with Crippen LogP contribution in [-0.2, 0) is 20.8 Å². The first-order valence-corrected chi connectivity index (χ1v) is 13.3. The van der Waals surface area contributed by atoms with Crippen LogP contribution in [0.2, 0.25) is 0 Å². The number of carbonyl (C=O) groups is 2. The van der Waals surface area contributed by atoms with E-state index in [2.05, 4.69) is 24.4 Å². The average Bonchev–Trinajstić information content (AvgIpc) is 2.91. The Balaban J connectivity index is 1.51. The van der Waals surface area contributed by atoms with E-state index in [0.29, 0.717) is 30.2 Å². The summed E-state index contributed by atoms with van der Waals surface area (Å²) in [5.74, 6) is -0.239. The molecule has 0 atom stereocenters. The van der Waals surface area contributed by atoms with Gasteiger partial charge in [0.2, 0.25) is 0 Å². The van der Waals surface area contributed by atoms with Gasteiger partial charge in [-0.15, -0.1) is 0 Å². The molecule has 1 aliphatic heterocycles. The Hall–Kier alpha value is -3.39. The summed E-state index contributed by atoms with van der Waals surface area (Å²) < 4.78 is 11.0. The first-order chi connectivity index (χ1) is 18.0. The Kier molecular flexibility index (Phi) is 9.17. The Morgan fingerprint density at radius 1 is 0.973 bits per heavy atom. The molecule has 1 aliphatic rings. The third-order valence-corrected chi connectivity index (χ3v) is 7.10. The number of aryl methyl sites for hydroxylation is 1. The minimum atomic E-state index is -0.470. The van der Waals surface area contributed by atoms with Crippen LogP contribution in [-0.4, -0.2) is 37.9 Å². The highest BCUT2D eigenvalue weighted by atomic mass is 32.2. The number of nitrogens with zero attached hydrogens (tertiary/aromatic N) is 1. The van der Waals surface area contributed by atoms with E-state index < -0.39 is 6.29 Å². The lowest BCUT2D eigenvalue weighted by molar-refractivity contribution is -0.131. The molecule has 0 radical (unpaired) electrons. The van der Waals surface area contributed by atoms with Crippen LogP contribution in [0.3, 0.4) is 0 Å². The normalized spacial score (nSPS) is 14.2. The van der Waals surface area contributed by atoms with Crippen molar-refractivity contribution >= 4 is 35.3 Å². The van der Waals surface area contributed by atoms with Crippen molar-refractivity contribution in [2.75, 3.05) is 24.7 Å². The molecule has 0 aromatic heterocycles. The molecule has 0 fully saturated rings. The standard InChI is InChI=1S/C30H32N2O4S/c1-4-35-28(36-5-2)19-31-29(33)23-16-14-22(15-17-23)18-27-30(34)32(20-24-11-7-6-10-21(24)3)25-12-8-9-13-26(25)37-27/h6-18,28H,4-5,19-20H2,1-3H3,(H,31,33)/b27-18+. The van der Waals surface area contributed by atoms with Crippen LogP contribution in [0, 0.1) is 6.92 Å².